The third-order valence-electron chi connectivity index (χ3n) is 3.63. The minimum Gasteiger partial charge on any atom is -0.384 e. The van der Waals surface area contributed by atoms with Crippen molar-refractivity contribution in [2.24, 2.45) is 10.9 Å². The second-order valence-corrected chi connectivity index (χ2v) is 6.40. The van der Waals surface area contributed by atoms with Gasteiger partial charge in [-0.1, -0.05) is 35.0 Å². The summed E-state index contributed by atoms with van der Waals surface area (Å²) in [7, 11) is 0. The second-order valence-electron chi connectivity index (χ2n) is 5.99. The fraction of sp³-hybridized carbons (Fsp3) is 0.211. The van der Waals surface area contributed by atoms with E-state index in [-0.39, 0.29) is 12.3 Å². The normalized spacial score (nSPS) is 12.2. The van der Waals surface area contributed by atoms with E-state index < -0.39 is 23.7 Å². The maximum Gasteiger partial charge on any atom is 0.267 e. The molecule has 2 amide bonds. The summed E-state index contributed by atoms with van der Waals surface area (Å²) in [5.74, 6) is -1.53. The summed E-state index contributed by atoms with van der Waals surface area (Å²) >= 11 is 5.96. The van der Waals surface area contributed by atoms with Gasteiger partial charge in [-0.3, -0.25) is 9.59 Å². The Kier molecular flexibility index (Phi) is 7.34. The first-order valence-corrected chi connectivity index (χ1v) is 8.73. The Morgan fingerprint density at radius 1 is 1.25 bits per heavy atom. The molecule has 28 heavy (non-hydrogen) atoms. The topological polar surface area (TPSA) is 106 Å². The quantitative estimate of drug-likeness (QED) is 0.372. The van der Waals surface area contributed by atoms with Crippen molar-refractivity contribution in [2.45, 2.75) is 26.4 Å². The number of carbonyl (C=O) groups is 2. The van der Waals surface area contributed by atoms with Gasteiger partial charge in [0.25, 0.3) is 5.91 Å². The number of anilines is 2. The number of aryl methyl sites for hydroxylation is 1. The summed E-state index contributed by atoms with van der Waals surface area (Å²) in [4.78, 5) is 29.0. The van der Waals surface area contributed by atoms with Crippen LogP contribution in [0.25, 0.3) is 0 Å². The van der Waals surface area contributed by atoms with Crippen LogP contribution in [0, 0.1) is 12.7 Å². The van der Waals surface area contributed by atoms with E-state index in [4.69, 9.17) is 22.2 Å². The van der Waals surface area contributed by atoms with Gasteiger partial charge in [0, 0.05) is 5.69 Å². The Balaban J connectivity index is 1.85. The molecule has 0 aliphatic carbocycles. The Morgan fingerprint density at radius 2 is 1.96 bits per heavy atom. The van der Waals surface area contributed by atoms with E-state index in [1.807, 2.05) is 0 Å². The van der Waals surface area contributed by atoms with Gasteiger partial charge in [-0.25, -0.2) is 4.39 Å². The lowest BCUT2D eigenvalue weighted by Gasteiger charge is -2.12. The van der Waals surface area contributed by atoms with Crippen molar-refractivity contribution in [3.05, 3.63) is 58.9 Å². The van der Waals surface area contributed by atoms with E-state index in [0.29, 0.717) is 22.0 Å². The highest BCUT2D eigenvalue weighted by Gasteiger charge is 2.16. The highest BCUT2D eigenvalue weighted by molar-refractivity contribution is 6.33. The number of nitrogens with one attached hydrogen (secondary N) is 2. The summed E-state index contributed by atoms with van der Waals surface area (Å²) in [6.45, 7) is 3.06. The largest absolute Gasteiger partial charge is 0.384 e. The van der Waals surface area contributed by atoms with Gasteiger partial charge in [0.15, 0.2) is 0 Å². The summed E-state index contributed by atoms with van der Waals surface area (Å²) < 4.78 is 13.5. The molecule has 1 unspecified atom stereocenters. The fourth-order valence-electron chi connectivity index (χ4n) is 2.06. The molecule has 0 bridgehead atoms. The Labute approximate surface area is 166 Å². The summed E-state index contributed by atoms with van der Waals surface area (Å²) in [5.41, 5.74) is 6.86. The highest BCUT2D eigenvalue weighted by atomic mass is 35.5. The zero-order valence-corrected chi connectivity index (χ0v) is 16.1. The van der Waals surface area contributed by atoms with Crippen molar-refractivity contribution >= 4 is 40.6 Å². The van der Waals surface area contributed by atoms with Crippen LogP contribution in [0.2, 0.25) is 5.02 Å². The van der Waals surface area contributed by atoms with E-state index >= 15 is 0 Å². The molecule has 2 rings (SSSR count). The van der Waals surface area contributed by atoms with Gasteiger partial charge >= 0.3 is 0 Å². The lowest BCUT2D eigenvalue weighted by Crippen LogP contribution is -2.28. The zero-order valence-electron chi connectivity index (χ0n) is 15.3. The van der Waals surface area contributed by atoms with E-state index in [0.717, 1.165) is 0 Å². The number of amidine groups is 1. The van der Waals surface area contributed by atoms with Gasteiger partial charge in [-0.05, 0) is 43.7 Å². The van der Waals surface area contributed by atoms with Gasteiger partial charge in [0.05, 0.1) is 17.1 Å². The number of para-hydroxylation sites is 1. The lowest BCUT2D eigenvalue weighted by atomic mass is 10.2. The summed E-state index contributed by atoms with van der Waals surface area (Å²) in [6.07, 6.45) is -1.25. The smallest absolute Gasteiger partial charge is 0.267 e. The standard InChI is InChI=1S/C19H20ClFN4O3/c1-11-7-8-13(9-15(11)21)23-19(27)12(2)28-25-17(22)10-18(26)24-16-6-4-3-5-14(16)20/h3-9,12H,10H2,1-2H3,(H2,22,25)(H,23,27)(H,24,26). The molecule has 0 aliphatic heterocycles. The molecule has 0 radical (unpaired) electrons. The molecule has 0 aliphatic rings. The van der Waals surface area contributed by atoms with Gasteiger partial charge < -0.3 is 21.2 Å². The first-order chi connectivity index (χ1) is 13.3. The Morgan fingerprint density at radius 3 is 2.64 bits per heavy atom. The molecule has 9 heteroatoms. The van der Waals surface area contributed by atoms with Crippen LogP contribution < -0.4 is 16.4 Å². The van der Waals surface area contributed by atoms with Crippen LogP contribution in [-0.2, 0) is 14.4 Å². The van der Waals surface area contributed by atoms with Crippen LogP contribution in [-0.4, -0.2) is 23.8 Å². The molecule has 0 aromatic heterocycles. The Hall–Kier alpha value is -3.13. The maximum absolute atomic E-state index is 13.5. The molecular weight excluding hydrogens is 387 g/mol. The average molecular weight is 407 g/mol. The molecule has 1 atom stereocenters. The molecule has 0 spiro atoms. The second kappa shape index (κ2) is 9.70. The molecular formula is C19H20ClFN4O3. The number of amides is 2. The number of nitrogens with zero attached hydrogens (tertiary/aromatic N) is 1. The number of hydrogen-bond acceptors (Lipinski definition) is 4. The van der Waals surface area contributed by atoms with Gasteiger partial charge in [0.2, 0.25) is 12.0 Å². The number of halogens is 2. The van der Waals surface area contributed by atoms with E-state index in [1.165, 1.54) is 13.0 Å². The molecule has 0 saturated heterocycles. The minimum absolute atomic E-state index is 0.120. The zero-order chi connectivity index (χ0) is 20.7. The molecule has 148 valence electrons. The number of nitrogens with two attached hydrogens (primary N) is 1. The van der Waals surface area contributed by atoms with Gasteiger partial charge in [-0.15, -0.1) is 0 Å². The monoisotopic (exact) mass is 406 g/mol. The molecule has 2 aromatic carbocycles. The average Bonchev–Trinajstić information content (AvgIpc) is 2.64. The van der Waals surface area contributed by atoms with Crippen molar-refractivity contribution in [1.82, 2.24) is 0 Å². The number of oxime groups is 1. The number of benzene rings is 2. The van der Waals surface area contributed by atoms with E-state index in [2.05, 4.69) is 15.8 Å². The van der Waals surface area contributed by atoms with Crippen molar-refractivity contribution in [1.29, 1.82) is 0 Å². The summed E-state index contributed by atoms with van der Waals surface area (Å²) in [6, 6.07) is 11.1. The van der Waals surface area contributed by atoms with Crippen molar-refractivity contribution in [3.8, 4) is 0 Å². The number of hydrogen-bond donors (Lipinski definition) is 3. The van der Waals surface area contributed by atoms with Crippen molar-refractivity contribution < 1.29 is 18.8 Å². The van der Waals surface area contributed by atoms with E-state index in [1.54, 1.807) is 43.3 Å². The Bertz CT molecular complexity index is 904. The molecule has 2 aromatic rings. The van der Waals surface area contributed by atoms with Crippen molar-refractivity contribution in [3.63, 3.8) is 0 Å². The van der Waals surface area contributed by atoms with Crippen molar-refractivity contribution in [2.75, 3.05) is 10.6 Å². The first kappa shape index (κ1) is 21.2. The molecule has 4 N–H and O–H groups in total. The highest BCUT2D eigenvalue weighted by Crippen LogP contribution is 2.20. The fourth-order valence-corrected chi connectivity index (χ4v) is 2.25. The van der Waals surface area contributed by atoms with Crippen LogP contribution >= 0.6 is 11.6 Å². The molecule has 0 heterocycles. The number of rotatable bonds is 7. The van der Waals surface area contributed by atoms with Crippen LogP contribution in [0.4, 0.5) is 15.8 Å². The first-order valence-electron chi connectivity index (χ1n) is 8.36. The summed E-state index contributed by atoms with van der Waals surface area (Å²) in [5, 5.41) is 9.07. The number of carbonyl (C=O) groups excluding carboxylic acids is 2. The molecule has 0 saturated carbocycles. The minimum atomic E-state index is -1.01. The van der Waals surface area contributed by atoms with E-state index in [9.17, 15) is 14.0 Å². The van der Waals surface area contributed by atoms with Crippen LogP contribution in [0.15, 0.2) is 47.6 Å². The third-order valence-corrected chi connectivity index (χ3v) is 3.96. The van der Waals surface area contributed by atoms with Gasteiger partial charge in [-0.2, -0.15) is 0 Å². The van der Waals surface area contributed by atoms with Crippen LogP contribution in [0.3, 0.4) is 0 Å². The lowest BCUT2D eigenvalue weighted by molar-refractivity contribution is -0.126. The SMILES string of the molecule is Cc1ccc(NC(=O)C(C)O/N=C(/N)CC(=O)Nc2ccccc2Cl)cc1F. The molecule has 7 nitrogen and oxygen atoms in total. The van der Waals surface area contributed by atoms with Crippen LogP contribution in [0.5, 0.6) is 0 Å². The third kappa shape index (κ3) is 6.24. The predicted molar refractivity (Wildman–Crippen MR) is 107 cm³/mol. The predicted octanol–water partition coefficient (Wildman–Crippen LogP) is 3.43. The van der Waals surface area contributed by atoms with Crippen LogP contribution in [0.1, 0.15) is 18.9 Å². The maximum atomic E-state index is 13.5. The van der Waals surface area contributed by atoms with Gasteiger partial charge in [0.1, 0.15) is 11.7 Å². The molecule has 0 fully saturated rings.